The molecule has 0 amide bonds. The summed E-state index contributed by atoms with van der Waals surface area (Å²) in [5, 5.41) is 8.35. The monoisotopic (exact) mass is 398 g/mol. The zero-order valence-electron chi connectivity index (χ0n) is 18.2. The molecule has 0 spiro atoms. The summed E-state index contributed by atoms with van der Waals surface area (Å²) in [6.45, 7) is 9.12. The van der Waals surface area contributed by atoms with Crippen molar-refractivity contribution in [3.05, 3.63) is 28.8 Å². The Hall–Kier alpha value is -1.09. The summed E-state index contributed by atoms with van der Waals surface area (Å²) in [6.07, 6.45) is 11.6. The van der Waals surface area contributed by atoms with Crippen molar-refractivity contribution in [1.82, 2.24) is 5.32 Å². The van der Waals surface area contributed by atoms with Gasteiger partial charge in [0.1, 0.15) is 0 Å². The van der Waals surface area contributed by atoms with Crippen LogP contribution in [0.25, 0.3) is 0 Å². The molecule has 1 aromatic rings. The van der Waals surface area contributed by atoms with Crippen molar-refractivity contribution in [1.29, 1.82) is 0 Å². The lowest BCUT2D eigenvalue weighted by Crippen LogP contribution is -2.60. The molecule has 3 heteroatoms. The number of hydrogen-bond donors (Lipinski definition) is 2. The van der Waals surface area contributed by atoms with Gasteiger partial charge in [0.25, 0.3) is 0 Å². The Labute approximate surface area is 177 Å². The fraction of sp³-hybridized carbons (Fsp3) is 0.720. The van der Waals surface area contributed by atoms with Gasteiger partial charge in [-0.15, -0.1) is 0 Å². The first-order valence-electron chi connectivity index (χ1n) is 11.6. The molecule has 0 saturated heterocycles. The topological polar surface area (TPSA) is 24.1 Å². The Balaban J connectivity index is 1.51. The Bertz CT molecular complexity index is 676. The second kappa shape index (κ2) is 7.97. The molecule has 0 unspecified atom stereocenters. The number of rotatable bonds is 6. The Morgan fingerprint density at radius 3 is 1.93 bits per heavy atom. The molecule has 0 radical (unpaired) electrons. The molecule has 2 nitrogen and oxygen atoms in total. The predicted octanol–water partition coefficient (Wildman–Crippen LogP) is 6.27. The van der Waals surface area contributed by atoms with Crippen LogP contribution in [0.5, 0.6) is 0 Å². The van der Waals surface area contributed by atoms with Crippen LogP contribution in [0.4, 0.5) is 5.69 Å². The van der Waals surface area contributed by atoms with E-state index in [1.54, 1.807) is 0 Å². The number of anilines is 1. The third-order valence-corrected chi connectivity index (χ3v) is 7.63. The molecule has 154 valence electrons. The summed E-state index contributed by atoms with van der Waals surface area (Å²) in [5.74, 6) is 3.50. The number of nitrogens with one attached hydrogen (secondary N) is 2. The van der Waals surface area contributed by atoms with Crippen LogP contribution in [0.3, 0.4) is 0 Å². The van der Waals surface area contributed by atoms with Gasteiger partial charge in [0.2, 0.25) is 0 Å². The predicted molar refractivity (Wildman–Crippen MR) is 124 cm³/mol. The minimum Gasteiger partial charge on any atom is -0.357 e. The zero-order valence-corrected chi connectivity index (χ0v) is 19.1. The van der Waals surface area contributed by atoms with E-state index in [-0.39, 0.29) is 5.54 Å². The minimum atomic E-state index is 0.273. The van der Waals surface area contributed by atoms with Gasteiger partial charge in [-0.2, -0.15) is 0 Å². The molecule has 2 N–H and O–H groups in total. The normalized spacial score (nSPS) is 30.7. The lowest BCUT2D eigenvalue weighted by molar-refractivity contribution is -0.00972. The Morgan fingerprint density at radius 1 is 1.00 bits per heavy atom. The van der Waals surface area contributed by atoms with Gasteiger partial charge >= 0.3 is 0 Å². The average molecular weight is 399 g/mol. The molecule has 4 aliphatic carbocycles. The highest BCUT2D eigenvalue weighted by Gasteiger charge is 2.51. The summed E-state index contributed by atoms with van der Waals surface area (Å²) in [5.41, 5.74) is 5.82. The Morgan fingerprint density at radius 2 is 1.50 bits per heavy atom. The third-order valence-electron chi connectivity index (χ3n) is 7.42. The summed E-state index contributed by atoms with van der Waals surface area (Å²) < 4.78 is 0. The first-order valence-corrected chi connectivity index (χ1v) is 12.0. The van der Waals surface area contributed by atoms with Gasteiger partial charge in [-0.25, -0.2) is 0 Å². The fourth-order valence-electron chi connectivity index (χ4n) is 6.80. The first-order chi connectivity index (χ1) is 13.4. The van der Waals surface area contributed by atoms with Gasteiger partial charge in [-0.3, -0.25) is 0 Å². The van der Waals surface area contributed by atoms with E-state index < -0.39 is 0 Å². The van der Waals surface area contributed by atoms with Crippen LogP contribution in [0, 0.1) is 23.7 Å². The number of thiocarbonyl (C=S) groups is 1. The summed E-state index contributed by atoms with van der Waals surface area (Å²) >= 11 is 5.87. The molecule has 4 bridgehead atoms. The van der Waals surface area contributed by atoms with Gasteiger partial charge in [-0.1, -0.05) is 39.8 Å². The van der Waals surface area contributed by atoms with Crippen LogP contribution in [-0.2, 0) is 19.3 Å². The molecule has 0 atom stereocenters. The highest BCUT2D eigenvalue weighted by molar-refractivity contribution is 7.80. The van der Waals surface area contributed by atoms with E-state index in [1.165, 1.54) is 60.9 Å². The van der Waals surface area contributed by atoms with Gasteiger partial charge in [0.15, 0.2) is 5.11 Å². The van der Waals surface area contributed by atoms with Crippen molar-refractivity contribution < 1.29 is 0 Å². The molecule has 5 rings (SSSR count). The van der Waals surface area contributed by atoms with E-state index in [9.17, 15) is 0 Å². The van der Waals surface area contributed by atoms with Crippen molar-refractivity contribution in [2.24, 2.45) is 23.7 Å². The Kier molecular flexibility index (Phi) is 5.75. The maximum atomic E-state index is 5.87. The van der Waals surface area contributed by atoms with E-state index in [1.807, 2.05) is 0 Å². The highest BCUT2D eigenvalue weighted by atomic mass is 32.1. The van der Waals surface area contributed by atoms with Crippen LogP contribution < -0.4 is 10.6 Å². The van der Waals surface area contributed by atoms with Crippen molar-refractivity contribution in [3.8, 4) is 0 Å². The summed E-state index contributed by atoms with van der Waals surface area (Å²) in [6, 6.07) is 4.80. The smallest absolute Gasteiger partial charge is 0.171 e. The van der Waals surface area contributed by atoms with Crippen LogP contribution in [-0.4, -0.2) is 10.7 Å². The quantitative estimate of drug-likeness (QED) is 0.553. The largest absolute Gasteiger partial charge is 0.357 e. The van der Waals surface area contributed by atoms with E-state index >= 15 is 0 Å². The third kappa shape index (κ3) is 4.10. The highest BCUT2D eigenvalue weighted by Crippen LogP contribution is 2.55. The number of benzene rings is 1. The maximum Gasteiger partial charge on any atom is 0.171 e. The van der Waals surface area contributed by atoms with Crippen LogP contribution >= 0.6 is 12.2 Å². The van der Waals surface area contributed by atoms with E-state index in [4.69, 9.17) is 12.2 Å². The summed E-state index contributed by atoms with van der Waals surface area (Å²) in [4.78, 5) is 0. The molecule has 4 fully saturated rings. The number of hydrogen-bond acceptors (Lipinski definition) is 1. The van der Waals surface area contributed by atoms with Crippen LogP contribution in [0.15, 0.2) is 12.1 Å². The van der Waals surface area contributed by atoms with E-state index in [0.717, 1.165) is 42.1 Å². The molecule has 4 aliphatic rings. The average Bonchev–Trinajstić information content (AvgIpc) is 2.60. The standard InChI is InChI=1S/C25H38N2S/c1-5-21-11-17(7-16(3)4)12-22(6-2)23(21)26-24(28)27-25-13-18-8-19(14-25)10-20(9-18)15-25/h11-12,16,18-20H,5-10,13-15H2,1-4H3,(H2,26,27,28). The first kappa shape index (κ1) is 20.2. The molecule has 0 aromatic heterocycles. The second-order valence-corrected chi connectivity index (χ2v) is 10.8. The van der Waals surface area contributed by atoms with Gasteiger partial charge < -0.3 is 10.6 Å². The SMILES string of the molecule is CCc1cc(CC(C)C)cc(CC)c1NC(=S)NC12CC3CC(CC(C3)C1)C2. The molecule has 0 heterocycles. The van der Waals surface area contributed by atoms with Crippen molar-refractivity contribution in [2.75, 3.05) is 5.32 Å². The molecule has 4 saturated carbocycles. The van der Waals surface area contributed by atoms with E-state index in [2.05, 4.69) is 50.5 Å². The zero-order chi connectivity index (χ0) is 19.9. The van der Waals surface area contributed by atoms with Crippen molar-refractivity contribution >= 4 is 23.0 Å². The van der Waals surface area contributed by atoms with Crippen LogP contribution in [0.1, 0.15) is 82.9 Å². The van der Waals surface area contributed by atoms with Crippen LogP contribution in [0.2, 0.25) is 0 Å². The lowest BCUT2D eigenvalue weighted by Gasteiger charge is -2.57. The minimum absolute atomic E-state index is 0.273. The molecule has 0 aliphatic heterocycles. The summed E-state index contributed by atoms with van der Waals surface area (Å²) in [7, 11) is 0. The van der Waals surface area contributed by atoms with Gasteiger partial charge in [0, 0.05) is 11.2 Å². The molecular weight excluding hydrogens is 360 g/mol. The van der Waals surface area contributed by atoms with Crippen molar-refractivity contribution in [3.63, 3.8) is 0 Å². The molecule has 28 heavy (non-hydrogen) atoms. The molecule has 1 aromatic carbocycles. The fourth-order valence-corrected chi connectivity index (χ4v) is 7.12. The van der Waals surface area contributed by atoms with Gasteiger partial charge in [-0.05, 0) is 110 Å². The molecular formula is C25H38N2S. The second-order valence-electron chi connectivity index (χ2n) is 10.4. The van der Waals surface area contributed by atoms with Crippen molar-refractivity contribution in [2.45, 2.75) is 91.0 Å². The maximum absolute atomic E-state index is 5.87. The lowest BCUT2D eigenvalue weighted by atomic mass is 9.53. The van der Waals surface area contributed by atoms with E-state index in [0.29, 0.717) is 5.92 Å². The van der Waals surface area contributed by atoms with Gasteiger partial charge in [0.05, 0.1) is 0 Å². The number of aryl methyl sites for hydroxylation is 2.